The molecule has 4 fully saturated rings. The summed E-state index contributed by atoms with van der Waals surface area (Å²) in [5.41, 5.74) is 3.78. The Morgan fingerprint density at radius 3 is 2.58 bits per heavy atom. The average molecular weight is 662 g/mol. The van der Waals surface area contributed by atoms with Crippen molar-refractivity contribution < 1.29 is 29.4 Å². The van der Waals surface area contributed by atoms with E-state index in [0.29, 0.717) is 29.1 Å². The molecule has 4 N–H and O–H groups in total. The number of nitrogens with zero attached hydrogens (tertiary/aromatic N) is 3. The predicted molar refractivity (Wildman–Crippen MR) is 183 cm³/mol. The molecular weight excluding hydrogens is 610 g/mol. The molecule has 3 aliphatic carbocycles. The number of fused-ring (bicyclic) bond motifs is 2. The lowest BCUT2D eigenvalue weighted by Gasteiger charge is -2.62. The third kappa shape index (κ3) is 6.77. The van der Waals surface area contributed by atoms with E-state index >= 15 is 0 Å². The molecule has 11 heteroatoms. The summed E-state index contributed by atoms with van der Waals surface area (Å²) in [6.07, 6.45) is 0.671. The van der Waals surface area contributed by atoms with Crippen LogP contribution in [0.2, 0.25) is 0 Å². The van der Waals surface area contributed by atoms with Gasteiger partial charge in [-0.3, -0.25) is 14.4 Å². The van der Waals surface area contributed by atoms with Crippen molar-refractivity contribution >= 4 is 17.5 Å². The topological polar surface area (TPSA) is 147 Å². The van der Waals surface area contributed by atoms with Gasteiger partial charge in [0.15, 0.2) is 0 Å². The lowest BCUT2D eigenvalue weighted by atomic mass is 9.45. The number of para-hydroxylation sites is 1. The monoisotopic (exact) mass is 661 g/mol. The summed E-state index contributed by atoms with van der Waals surface area (Å²) in [7, 11) is 5.37. The second-order valence-corrected chi connectivity index (χ2v) is 14.6. The molecule has 8 atom stereocenters. The van der Waals surface area contributed by atoms with Crippen molar-refractivity contribution in [1.29, 1.82) is 5.26 Å². The fourth-order valence-electron chi connectivity index (χ4n) is 8.32. The number of rotatable bonds is 12. The van der Waals surface area contributed by atoms with Gasteiger partial charge >= 0.3 is 0 Å². The number of aliphatic hydroxyl groups is 2. The van der Waals surface area contributed by atoms with Crippen LogP contribution in [0.15, 0.2) is 36.4 Å². The van der Waals surface area contributed by atoms with Gasteiger partial charge in [0, 0.05) is 55.0 Å². The molecule has 6 rings (SSSR count). The third-order valence-electron chi connectivity index (χ3n) is 11.2. The molecule has 48 heavy (non-hydrogen) atoms. The summed E-state index contributed by atoms with van der Waals surface area (Å²) in [6, 6.07) is 12.5. The van der Waals surface area contributed by atoms with E-state index in [-0.39, 0.29) is 49.4 Å². The van der Waals surface area contributed by atoms with Gasteiger partial charge in [0.2, 0.25) is 5.91 Å². The van der Waals surface area contributed by atoms with Crippen LogP contribution < -0.4 is 20.3 Å². The zero-order valence-corrected chi connectivity index (χ0v) is 29.2. The van der Waals surface area contributed by atoms with Crippen molar-refractivity contribution in [2.75, 3.05) is 39.3 Å². The summed E-state index contributed by atoms with van der Waals surface area (Å²) < 4.78 is 5.98. The second kappa shape index (κ2) is 14.4. The number of ether oxygens (including phenoxy) is 1. The van der Waals surface area contributed by atoms with E-state index in [0.717, 1.165) is 28.8 Å². The van der Waals surface area contributed by atoms with Crippen molar-refractivity contribution in [1.82, 2.24) is 15.7 Å². The molecule has 4 aliphatic rings. The Kier molecular flexibility index (Phi) is 10.7. The standard InChI is InChI=1S/C37H51N5O6/c1-21-29-17-26(37(29,3)4)18-30(21)40-36(46)33-32(22(2)44)31(20-43)48-42(33)19-23-10-8-11-28(34(23)47-7)24-14-25(16-27(15-24)41(5)6)35(45)39-13-9-12-38/h8,10-11,14-16,21-22,26,29-33,43-44H,9,13,17-20H2,1-7H3,(H,39,45)(H,40,46)/t21-,22-,26+,29-,30-,31-,32+,33-/m0/s1. The molecule has 1 heterocycles. The fraction of sp³-hybridized carbons (Fsp3) is 0.595. The first-order valence-corrected chi connectivity index (χ1v) is 17.0. The molecule has 0 aromatic heterocycles. The van der Waals surface area contributed by atoms with Crippen molar-refractivity contribution in [3.63, 3.8) is 0 Å². The quantitative estimate of drug-likeness (QED) is 0.250. The smallest absolute Gasteiger partial charge is 0.251 e. The van der Waals surface area contributed by atoms with Crippen LogP contribution in [-0.4, -0.2) is 85.7 Å². The van der Waals surface area contributed by atoms with Gasteiger partial charge in [0.05, 0.1) is 38.9 Å². The Labute approximate surface area is 284 Å². The van der Waals surface area contributed by atoms with Crippen LogP contribution in [0.5, 0.6) is 5.75 Å². The van der Waals surface area contributed by atoms with Gasteiger partial charge in [-0.1, -0.05) is 39.0 Å². The minimum absolute atomic E-state index is 0.0343. The average Bonchev–Trinajstić information content (AvgIpc) is 3.43. The van der Waals surface area contributed by atoms with E-state index in [9.17, 15) is 19.8 Å². The number of anilines is 1. The number of carbonyl (C=O) groups excluding carboxylic acids is 2. The third-order valence-corrected chi connectivity index (χ3v) is 11.2. The molecule has 11 nitrogen and oxygen atoms in total. The van der Waals surface area contributed by atoms with Crippen LogP contribution in [0.3, 0.4) is 0 Å². The zero-order valence-electron chi connectivity index (χ0n) is 29.2. The van der Waals surface area contributed by atoms with Gasteiger partial charge in [0.1, 0.15) is 17.9 Å². The van der Waals surface area contributed by atoms with Gasteiger partial charge < -0.3 is 30.5 Å². The van der Waals surface area contributed by atoms with Crippen LogP contribution >= 0.6 is 0 Å². The molecule has 2 aromatic carbocycles. The Bertz CT molecular complexity index is 1540. The van der Waals surface area contributed by atoms with E-state index in [2.05, 4.69) is 31.4 Å². The van der Waals surface area contributed by atoms with Gasteiger partial charge in [-0.25, -0.2) is 0 Å². The Morgan fingerprint density at radius 1 is 1.23 bits per heavy atom. The van der Waals surface area contributed by atoms with Crippen LogP contribution in [0, 0.1) is 40.4 Å². The maximum absolute atomic E-state index is 14.1. The summed E-state index contributed by atoms with van der Waals surface area (Å²) in [4.78, 5) is 35.3. The minimum atomic E-state index is -0.904. The van der Waals surface area contributed by atoms with Gasteiger partial charge in [-0.15, -0.1) is 0 Å². The lowest BCUT2D eigenvalue weighted by Crippen LogP contribution is -2.62. The van der Waals surface area contributed by atoms with Crippen molar-refractivity contribution in [2.24, 2.45) is 29.1 Å². The maximum atomic E-state index is 14.1. The molecule has 0 spiro atoms. The molecule has 1 saturated heterocycles. The van der Waals surface area contributed by atoms with Gasteiger partial charge in [0.25, 0.3) is 5.91 Å². The van der Waals surface area contributed by atoms with E-state index in [1.54, 1.807) is 31.2 Å². The molecule has 2 bridgehead atoms. The first-order chi connectivity index (χ1) is 22.8. The normalized spacial score (nSPS) is 28.1. The second-order valence-electron chi connectivity index (χ2n) is 14.6. The van der Waals surface area contributed by atoms with Crippen LogP contribution in [0.25, 0.3) is 11.1 Å². The highest BCUT2D eigenvalue weighted by Gasteiger charge is 2.57. The molecule has 1 aliphatic heterocycles. The number of amides is 2. The molecule has 2 aromatic rings. The number of hydroxylamine groups is 2. The lowest BCUT2D eigenvalue weighted by molar-refractivity contribution is -0.183. The summed E-state index contributed by atoms with van der Waals surface area (Å²) >= 11 is 0. The number of aliphatic hydroxyl groups excluding tert-OH is 2. The number of benzene rings is 2. The molecule has 2 amide bonds. The largest absolute Gasteiger partial charge is 0.496 e. The number of methoxy groups -OCH3 is 1. The molecule has 3 saturated carbocycles. The van der Waals surface area contributed by atoms with E-state index in [1.807, 2.05) is 49.3 Å². The number of hydrogen-bond donors (Lipinski definition) is 4. The van der Waals surface area contributed by atoms with Gasteiger partial charge in [-0.2, -0.15) is 10.3 Å². The summed E-state index contributed by atoms with van der Waals surface area (Å²) in [6.45, 7) is 8.57. The summed E-state index contributed by atoms with van der Waals surface area (Å²) in [5.74, 6) is 0.864. The number of nitriles is 1. The highest BCUT2D eigenvalue weighted by molar-refractivity contribution is 5.97. The molecular formula is C37H51N5O6. The Morgan fingerprint density at radius 2 is 1.98 bits per heavy atom. The Hall–Kier alpha value is -3.69. The predicted octanol–water partition coefficient (Wildman–Crippen LogP) is 3.73. The first kappa shape index (κ1) is 35.6. The fourth-order valence-corrected chi connectivity index (χ4v) is 8.32. The van der Waals surface area contributed by atoms with E-state index in [4.69, 9.17) is 14.8 Å². The number of nitrogens with one attached hydrogen (secondary N) is 2. The molecule has 0 unspecified atom stereocenters. The molecule has 260 valence electrons. The van der Waals surface area contributed by atoms with Gasteiger partial charge in [-0.05, 0) is 66.7 Å². The van der Waals surface area contributed by atoms with E-state index < -0.39 is 24.2 Å². The number of carbonyl (C=O) groups is 2. The van der Waals surface area contributed by atoms with Crippen LogP contribution in [-0.2, 0) is 16.2 Å². The molecule has 0 radical (unpaired) electrons. The highest BCUT2D eigenvalue weighted by Crippen LogP contribution is 2.61. The number of hydrogen-bond acceptors (Lipinski definition) is 9. The SMILES string of the molecule is COc1c(CN2O[C@@H](CO)[C@@H]([C@H](C)O)[C@H]2C(=O)N[C@H]2C[C@H]3C[C@@H]([C@@H]2C)C3(C)C)cccc1-c1cc(C(=O)NCCC#N)cc(N(C)C)c1. The van der Waals surface area contributed by atoms with Crippen LogP contribution in [0.1, 0.15) is 62.9 Å². The van der Waals surface area contributed by atoms with Crippen LogP contribution in [0.4, 0.5) is 5.69 Å². The first-order valence-electron chi connectivity index (χ1n) is 17.0. The summed E-state index contributed by atoms with van der Waals surface area (Å²) in [5, 5.41) is 37.7. The highest BCUT2D eigenvalue weighted by atomic mass is 16.7. The Balaban J connectivity index is 1.45. The minimum Gasteiger partial charge on any atom is -0.496 e. The maximum Gasteiger partial charge on any atom is 0.251 e. The zero-order chi connectivity index (χ0) is 34.9. The van der Waals surface area contributed by atoms with Crippen molar-refractivity contribution in [3.05, 3.63) is 47.5 Å². The van der Waals surface area contributed by atoms with E-state index in [1.165, 1.54) is 6.42 Å². The van der Waals surface area contributed by atoms with Crippen molar-refractivity contribution in [3.8, 4) is 22.9 Å². The van der Waals surface area contributed by atoms with Crippen molar-refractivity contribution in [2.45, 2.75) is 77.8 Å².